The lowest BCUT2D eigenvalue weighted by Crippen LogP contribution is -1.91. The molecule has 0 bridgehead atoms. The fraction of sp³-hybridized carbons (Fsp3) is 0.133. The van der Waals surface area contributed by atoms with Crippen LogP contribution in [0.15, 0.2) is 34.2 Å². The second-order valence-electron chi connectivity index (χ2n) is 4.58. The van der Waals surface area contributed by atoms with E-state index in [1.165, 1.54) is 0 Å². The largest absolute Gasteiger partial charge is 0.399 e. The molecular formula is C15H14N4OS. The van der Waals surface area contributed by atoms with E-state index in [0.29, 0.717) is 18.1 Å². The van der Waals surface area contributed by atoms with Crippen molar-refractivity contribution in [3.63, 3.8) is 0 Å². The average molecular weight is 298 g/mol. The molecule has 5 nitrogen and oxygen atoms in total. The summed E-state index contributed by atoms with van der Waals surface area (Å²) in [5, 5.41) is 7.00. The van der Waals surface area contributed by atoms with Crippen LogP contribution in [0.5, 0.6) is 0 Å². The number of hydrogen-bond acceptors (Lipinski definition) is 6. The second kappa shape index (κ2) is 5.88. The van der Waals surface area contributed by atoms with Crippen LogP contribution in [0, 0.1) is 6.92 Å². The van der Waals surface area contributed by atoms with Crippen LogP contribution in [0.3, 0.4) is 0 Å². The van der Waals surface area contributed by atoms with Crippen LogP contribution >= 0.6 is 11.3 Å². The molecule has 0 saturated heterocycles. The third-order valence-corrected chi connectivity index (χ3v) is 3.67. The summed E-state index contributed by atoms with van der Waals surface area (Å²) in [5.41, 5.74) is 8.38. The molecule has 2 aromatic heterocycles. The van der Waals surface area contributed by atoms with Gasteiger partial charge in [-0.05, 0) is 30.7 Å². The van der Waals surface area contributed by atoms with Gasteiger partial charge in [-0.15, -0.1) is 11.3 Å². The molecule has 0 unspecified atom stereocenters. The maximum Gasteiger partial charge on any atom is 0.250 e. The smallest absolute Gasteiger partial charge is 0.250 e. The molecule has 2 heterocycles. The Hall–Kier alpha value is -2.47. The van der Waals surface area contributed by atoms with Gasteiger partial charge in [-0.2, -0.15) is 4.98 Å². The zero-order chi connectivity index (χ0) is 14.7. The van der Waals surface area contributed by atoms with Gasteiger partial charge in [0.25, 0.3) is 5.89 Å². The molecule has 21 heavy (non-hydrogen) atoms. The molecular weight excluding hydrogens is 284 g/mol. The molecule has 0 aliphatic heterocycles. The van der Waals surface area contributed by atoms with Crippen molar-refractivity contribution in [2.45, 2.75) is 13.3 Å². The van der Waals surface area contributed by atoms with Gasteiger partial charge in [-0.3, -0.25) is 0 Å². The molecule has 0 aliphatic carbocycles. The van der Waals surface area contributed by atoms with Crippen LogP contribution in [-0.2, 0) is 6.42 Å². The molecule has 3 rings (SSSR count). The summed E-state index contributed by atoms with van der Waals surface area (Å²) < 4.78 is 5.19. The normalized spacial score (nSPS) is 11.3. The molecule has 3 aromatic rings. The van der Waals surface area contributed by atoms with Crippen molar-refractivity contribution in [3.05, 3.63) is 57.6 Å². The Morgan fingerprint density at radius 3 is 2.71 bits per heavy atom. The van der Waals surface area contributed by atoms with E-state index >= 15 is 0 Å². The lowest BCUT2D eigenvalue weighted by Gasteiger charge is -1.93. The van der Waals surface area contributed by atoms with Gasteiger partial charge >= 0.3 is 0 Å². The molecule has 2 N–H and O–H groups in total. The third kappa shape index (κ3) is 3.55. The molecule has 0 radical (unpaired) electrons. The third-order valence-electron chi connectivity index (χ3n) is 2.84. The van der Waals surface area contributed by atoms with Gasteiger partial charge in [-0.25, -0.2) is 4.98 Å². The van der Waals surface area contributed by atoms with Crippen LogP contribution in [0.25, 0.3) is 12.2 Å². The fourth-order valence-corrected chi connectivity index (χ4v) is 2.45. The zero-order valence-corrected chi connectivity index (χ0v) is 12.3. The Morgan fingerprint density at radius 1 is 1.19 bits per heavy atom. The van der Waals surface area contributed by atoms with Crippen molar-refractivity contribution in [2.75, 3.05) is 5.73 Å². The molecule has 1 aromatic carbocycles. The number of anilines is 1. The summed E-state index contributed by atoms with van der Waals surface area (Å²) in [6.07, 6.45) is 4.28. The summed E-state index contributed by atoms with van der Waals surface area (Å²) >= 11 is 1.62. The zero-order valence-electron chi connectivity index (χ0n) is 11.5. The Morgan fingerprint density at radius 2 is 2.00 bits per heavy atom. The topological polar surface area (TPSA) is 77.8 Å². The number of hydrogen-bond donors (Lipinski definition) is 1. The van der Waals surface area contributed by atoms with E-state index in [4.69, 9.17) is 10.3 Å². The number of nitrogen functional groups attached to an aromatic ring is 1. The number of nitrogens with two attached hydrogens (primary N) is 1. The molecule has 106 valence electrons. The van der Waals surface area contributed by atoms with E-state index in [-0.39, 0.29) is 0 Å². The van der Waals surface area contributed by atoms with E-state index in [1.54, 1.807) is 17.4 Å². The molecule has 0 saturated carbocycles. The van der Waals surface area contributed by atoms with Crippen LogP contribution in [0.2, 0.25) is 0 Å². The lowest BCUT2D eigenvalue weighted by molar-refractivity contribution is 0.404. The standard InChI is InChI=1S/C15H14N4OS/c1-10-17-13(9-21-10)8-14-18-15(20-19-14)7-4-11-2-5-12(16)6-3-11/h2-7,9H,8,16H2,1H3/b7-4+. The number of nitrogens with zero attached hydrogens (tertiary/aromatic N) is 3. The maximum atomic E-state index is 5.64. The Bertz CT molecular complexity index is 758. The molecule has 6 heteroatoms. The second-order valence-corrected chi connectivity index (χ2v) is 5.65. The number of rotatable bonds is 4. The number of aryl methyl sites for hydroxylation is 1. The average Bonchev–Trinajstić information content (AvgIpc) is 3.08. The number of benzene rings is 1. The predicted molar refractivity (Wildman–Crippen MR) is 83.7 cm³/mol. The van der Waals surface area contributed by atoms with Crippen molar-refractivity contribution in [1.82, 2.24) is 15.1 Å². The molecule has 0 amide bonds. The van der Waals surface area contributed by atoms with E-state index in [0.717, 1.165) is 22.0 Å². The first-order valence-electron chi connectivity index (χ1n) is 6.46. The van der Waals surface area contributed by atoms with Gasteiger partial charge in [0.2, 0.25) is 0 Å². The summed E-state index contributed by atoms with van der Waals surface area (Å²) in [6.45, 7) is 1.98. The minimum absolute atomic E-state index is 0.480. The highest BCUT2D eigenvalue weighted by Crippen LogP contribution is 2.13. The fourth-order valence-electron chi connectivity index (χ4n) is 1.83. The van der Waals surface area contributed by atoms with Gasteiger partial charge in [0, 0.05) is 17.1 Å². The van der Waals surface area contributed by atoms with Crippen molar-refractivity contribution >= 4 is 29.2 Å². The Kier molecular flexibility index (Phi) is 3.79. The highest BCUT2D eigenvalue weighted by atomic mass is 32.1. The summed E-state index contributed by atoms with van der Waals surface area (Å²) in [7, 11) is 0. The predicted octanol–water partition coefficient (Wildman–Crippen LogP) is 3.18. The van der Waals surface area contributed by atoms with Crippen LogP contribution in [-0.4, -0.2) is 15.1 Å². The van der Waals surface area contributed by atoms with Gasteiger partial charge in [0.15, 0.2) is 5.82 Å². The minimum atomic E-state index is 0.480. The maximum absolute atomic E-state index is 5.64. The lowest BCUT2D eigenvalue weighted by atomic mass is 10.2. The van der Waals surface area contributed by atoms with Crippen molar-refractivity contribution in [1.29, 1.82) is 0 Å². The molecule has 0 fully saturated rings. The van der Waals surface area contributed by atoms with Gasteiger partial charge in [0.1, 0.15) is 0 Å². The summed E-state index contributed by atoms with van der Waals surface area (Å²) in [6, 6.07) is 7.56. The van der Waals surface area contributed by atoms with E-state index in [9.17, 15) is 0 Å². The Balaban J connectivity index is 1.68. The van der Waals surface area contributed by atoms with Crippen molar-refractivity contribution in [3.8, 4) is 0 Å². The SMILES string of the molecule is Cc1nc(Cc2noc(/C=C/c3ccc(N)cc3)n2)cs1. The highest BCUT2D eigenvalue weighted by Gasteiger charge is 2.07. The van der Waals surface area contributed by atoms with Crippen LogP contribution < -0.4 is 5.73 Å². The first-order valence-corrected chi connectivity index (χ1v) is 7.34. The van der Waals surface area contributed by atoms with Crippen LogP contribution in [0.4, 0.5) is 5.69 Å². The highest BCUT2D eigenvalue weighted by molar-refractivity contribution is 7.09. The molecule has 0 aliphatic rings. The Labute approximate surface area is 126 Å². The van der Waals surface area contributed by atoms with Crippen LogP contribution in [0.1, 0.15) is 28.0 Å². The van der Waals surface area contributed by atoms with E-state index in [1.807, 2.05) is 42.6 Å². The van der Waals surface area contributed by atoms with E-state index in [2.05, 4.69) is 15.1 Å². The van der Waals surface area contributed by atoms with Gasteiger partial charge < -0.3 is 10.3 Å². The van der Waals surface area contributed by atoms with Crippen molar-refractivity contribution in [2.24, 2.45) is 0 Å². The van der Waals surface area contributed by atoms with Gasteiger partial charge in [-0.1, -0.05) is 17.3 Å². The van der Waals surface area contributed by atoms with E-state index < -0.39 is 0 Å². The first kappa shape index (κ1) is 13.5. The quantitative estimate of drug-likeness (QED) is 0.748. The summed E-state index contributed by atoms with van der Waals surface area (Å²) in [5.74, 6) is 1.12. The molecule has 0 atom stereocenters. The van der Waals surface area contributed by atoms with Crippen molar-refractivity contribution < 1.29 is 4.52 Å². The van der Waals surface area contributed by atoms with Gasteiger partial charge in [0.05, 0.1) is 17.1 Å². The number of thiazole rings is 1. The monoisotopic (exact) mass is 298 g/mol. The first-order chi connectivity index (χ1) is 10.2. The summed E-state index contributed by atoms with van der Waals surface area (Å²) in [4.78, 5) is 8.71. The molecule has 0 spiro atoms. The minimum Gasteiger partial charge on any atom is -0.399 e. The number of aromatic nitrogens is 3.